The number of nitrogens with zero attached hydrogens (tertiary/aromatic N) is 2. The number of thiophene rings is 1. The van der Waals surface area contributed by atoms with Crippen molar-refractivity contribution in [1.82, 2.24) is 9.80 Å². The molecule has 1 aliphatic heterocycles. The summed E-state index contributed by atoms with van der Waals surface area (Å²) in [7, 11) is 1.89. The van der Waals surface area contributed by atoms with Gasteiger partial charge < -0.3 is 10.0 Å². The van der Waals surface area contributed by atoms with Gasteiger partial charge in [-0.05, 0) is 43.8 Å². The second kappa shape index (κ2) is 6.70. The number of rotatable bonds is 5. The second-order valence-corrected chi connectivity index (χ2v) is 6.51. The molecule has 2 rings (SSSR count). The van der Waals surface area contributed by atoms with Gasteiger partial charge in [-0.2, -0.15) is 0 Å². The maximum atomic E-state index is 12.5. The van der Waals surface area contributed by atoms with Gasteiger partial charge in [0.25, 0.3) is 0 Å². The summed E-state index contributed by atoms with van der Waals surface area (Å²) in [6.07, 6.45) is 1.92. The molecule has 0 aliphatic carbocycles. The Bertz CT molecular complexity index is 460. The van der Waals surface area contributed by atoms with Gasteiger partial charge in [0.1, 0.15) is 0 Å². The zero-order valence-corrected chi connectivity index (χ0v) is 13.3. The lowest BCUT2D eigenvalue weighted by molar-refractivity contribution is -0.135. The molecule has 1 aliphatic rings. The minimum absolute atomic E-state index is 0.0144. The highest BCUT2D eigenvalue weighted by Crippen LogP contribution is 2.35. The van der Waals surface area contributed by atoms with Crippen LogP contribution in [0.15, 0.2) is 11.4 Å². The molecule has 0 saturated heterocycles. The van der Waals surface area contributed by atoms with E-state index in [0.29, 0.717) is 6.54 Å². The first kappa shape index (κ1) is 15.5. The van der Waals surface area contributed by atoms with Crippen molar-refractivity contribution in [2.75, 3.05) is 26.7 Å². The fourth-order valence-corrected chi connectivity index (χ4v) is 3.66. The lowest BCUT2D eigenvalue weighted by atomic mass is 9.97. The largest absolute Gasteiger partial charge is 0.395 e. The number of carbonyl (C=O) groups is 1. The van der Waals surface area contributed by atoms with Gasteiger partial charge in [0, 0.05) is 17.5 Å². The first-order valence-electron chi connectivity index (χ1n) is 7.25. The van der Waals surface area contributed by atoms with Crippen LogP contribution in [0.25, 0.3) is 0 Å². The van der Waals surface area contributed by atoms with Crippen molar-refractivity contribution >= 4 is 17.2 Å². The van der Waals surface area contributed by atoms with Crippen molar-refractivity contribution in [2.24, 2.45) is 0 Å². The summed E-state index contributed by atoms with van der Waals surface area (Å²) in [5.74, 6) is 0.163. The molecular weight excluding hydrogens is 272 g/mol. The molecule has 0 bridgehead atoms. The van der Waals surface area contributed by atoms with E-state index in [4.69, 9.17) is 5.11 Å². The Hall–Kier alpha value is -0.910. The zero-order chi connectivity index (χ0) is 14.7. The standard InChI is InChI=1S/C15H24N2O2S/c1-4-13-12-6-8-20-14(12)5-7-17(13)15(19)9-16(3)11(2)10-18/h6,8,11,13,18H,4-5,7,9-10H2,1-3H3. The van der Waals surface area contributed by atoms with E-state index in [-0.39, 0.29) is 24.6 Å². The molecule has 0 radical (unpaired) electrons. The predicted octanol–water partition coefficient (Wildman–Crippen LogP) is 1.90. The number of amides is 1. The lowest BCUT2D eigenvalue weighted by Gasteiger charge is -2.37. The number of aliphatic hydroxyl groups excluding tert-OH is 1. The molecule has 20 heavy (non-hydrogen) atoms. The Morgan fingerprint density at radius 2 is 2.40 bits per heavy atom. The third kappa shape index (κ3) is 3.05. The average Bonchev–Trinajstić information content (AvgIpc) is 2.93. The van der Waals surface area contributed by atoms with Crippen molar-refractivity contribution in [3.63, 3.8) is 0 Å². The molecule has 0 spiro atoms. The van der Waals surface area contributed by atoms with Gasteiger partial charge in [0.15, 0.2) is 0 Å². The van der Waals surface area contributed by atoms with Gasteiger partial charge in [0.05, 0.1) is 19.2 Å². The van der Waals surface area contributed by atoms with Crippen LogP contribution in [-0.2, 0) is 11.2 Å². The zero-order valence-electron chi connectivity index (χ0n) is 12.5. The maximum Gasteiger partial charge on any atom is 0.237 e. The molecule has 112 valence electrons. The Kier molecular flexibility index (Phi) is 5.18. The van der Waals surface area contributed by atoms with Crippen LogP contribution in [0.4, 0.5) is 0 Å². The number of hydrogen-bond acceptors (Lipinski definition) is 4. The van der Waals surface area contributed by atoms with Crippen LogP contribution in [0.3, 0.4) is 0 Å². The fourth-order valence-electron chi connectivity index (χ4n) is 2.73. The van der Waals surface area contributed by atoms with E-state index < -0.39 is 0 Å². The molecule has 2 atom stereocenters. The molecule has 2 heterocycles. The first-order chi connectivity index (χ1) is 9.58. The summed E-state index contributed by atoms with van der Waals surface area (Å²) in [5, 5.41) is 11.3. The number of fused-ring (bicyclic) bond motifs is 1. The third-order valence-electron chi connectivity index (χ3n) is 4.20. The molecular formula is C15H24N2O2S. The van der Waals surface area contributed by atoms with E-state index in [1.165, 1.54) is 10.4 Å². The van der Waals surface area contributed by atoms with Crippen molar-refractivity contribution in [3.05, 3.63) is 21.9 Å². The van der Waals surface area contributed by atoms with E-state index >= 15 is 0 Å². The van der Waals surface area contributed by atoms with Gasteiger partial charge >= 0.3 is 0 Å². The monoisotopic (exact) mass is 296 g/mol. The van der Waals surface area contributed by atoms with Crippen LogP contribution in [0.2, 0.25) is 0 Å². The van der Waals surface area contributed by atoms with Crippen molar-refractivity contribution < 1.29 is 9.90 Å². The van der Waals surface area contributed by atoms with Gasteiger partial charge in [-0.15, -0.1) is 11.3 Å². The highest BCUT2D eigenvalue weighted by atomic mass is 32.1. The quantitative estimate of drug-likeness (QED) is 0.902. The maximum absolute atomic E-state index is 12.5. The molecule has 1 aromatic heterocycles. The number of aliphatic hydroxyl groups is 1. The van der Waals surface area contributed by atoms with Gasteiger partial charge in [-0.25, -0.2) is 0 Å². The Labute approximate surface area is 125 Å². The minimum atomic E-state index is 0.0144. The Balaban J connectivity index is 2.07. The molecule has 2 unspecified atom stereocenters. The Morgan fingerprint density at radius 1 is 1.65 bits per heavy atom. The van der Waals surface area contributed by atoms with E-state index in [1.807, 2.05) is 23.8 Å². The van der Waals surface area contributed by atoms with Crippen LogP contribution in [-0.4, -0.2) is 53.6 Å². The van der Waals surface area contributed by atoms with Crippen LogP contribution in [0, 0.1) is 0 Å². The molecule has 1 amide bonds. The topological polar surface area (TPSA) is 43.8 Å². The van der Waals surface area contributed by atoms with E-state index in [2.05, 4.69) is 18.4 Å². The molecule has 0 fully saturated rings. The van der Waals surface area contributed by atoms with Gasteiger partial charge in [-0.1, -0.05) is 6.92 Å². The van der Waals surface area contributed by atoms with Crippen molar-refractivity contribution in [1.29, 1.82) is 0 Å². The summed E-state index contributed by atoms with van der Waals surface area (Å²) in [4.78, 5) is 17.9. The fraction of sp³-hybridized carbons (Fsp3) is 0.667. The first-order valence-corrected chi connectivity index (χ1v) is 8.13. The SMILES string of the molecule is CCC1c2ccsc2CCN1C(=O)CN(C)C(C)CO. The van der Waals surface area contributed by atoms with E-state index in [9.17, 15) is 4.79 Å². The summed E-state index contributed by atoms with van der Waals surface area (Å²) in [5.41, 5.74) is 1.33. The smallest absolute Gasteiger partial charge is 0.237 e. The summed E-state index contributed by atoms with van der Waals surface area (Å²) >= 11 is 1.80. The summed E-state index contributed by atoms with van der Waals surface area (Å²) in [6, 6.07) is 2.39. The van der Waals surface area contributed by atoms with Crippen molar-refractivity contribution in [2.45, 2.75) is 38.8 Å². The number of likely N-dealkylation sites (N-methyl/N-ethyl adjacent to an activating group) is 1. The Morgan fingerprint density at radius 3 is 3.05 bits per heavy atom. The predicted molar refractivity (Wildman–Crippen MR) is 81.9 cm³/mol. The van der Waals surface area contributed by atoms with Crippen molar-refractivity contribution in [3.8, 4) is 0 Å². The summed E-state index contributed by atoms with van der Waals surface area (Å²) < 4.78 is 0. The van der Waals surface area contributed by atoms with E-state index in [0.717, 1.165) is 19.4 Å². The average molecular weight is 296 g/mol. The molecule has 0 aromatic carbocycles. The molecule has 4 nitrogen and oxygen atoms in total. The molecule has 1 N–H and O–H groups in total. The summed E-state index contributed by atoms with van der Waals surface area (Å²) in [6.45, 7) is 5.33. The molecule has 0 saturated carbocycles. The molecule has 1 aromatic rings. The van der Waals surface area contributed by atoms with Crippen LogP contribution in [0.5, 0.6) is 0 Å². The van der Waals surface area contributed by atoms with Gasteiger partial charge in [-0.3, -0.25) is 9.69 Å². The van der Waals surface area contributed by atoms with Crippen LogP contribution < -0.4 is 0 Å². The van der Waals surface area contributed by atoms with Crippen LogP contribution >= 0.6 is 11.3 Å². The highest BCUT2D eigenvalue weighted by molar-refractivity contribution is 7.10. The lowest BCUT2D eigenvalue weighted by Crippen LogP contribution is -2.46. The minimum Gasteiger partial charge on any atom is -0.395 e. The number of hydrogen-bond donors (Lipinski definition) is 1. The third-order valence-corrected chi connectivity index (χ3v) is 5.20. The molecule has 5 heteroatoms. The number of carbonyl (C=O) groups excluding carboxylic acids is 1. The van der Waals surface area contributed by atoms with E-state index in [1.54, 1.807) is 11.3 Å². The second-order valence-electron chi connectivity index (χ2n) is 5.51. The highest BCUT2D eigenvalue weighted by Gasteiger charge is 2.30. The van der Waals surface area contributed by atoms with Crippen LogP contribution in [0.1, 0.15) is 36.8 Å². The van der Waals surface area contributed by atoms with Gasteiger partial charge in [0.2, 0.25) is 5.91 Å². The normalized spacial score (nSPS) is 20.1.